The minimum atomic E-state index is -3.39. The smallest absolute Gasteiger partial charge is 0.293 e. The fourth-order valence-corrected chi connectivity index (χ4v) is 3.88. The molecule has 0 bridgehead atoms. The van der Waals surface area contributed by atoms with E-state index in [1.807, 2.05) is 30.0 Å². The summed E-state index contributed by atoms with van der Waals surface area (Å²) >= 11 is 0. The molecule has 0 aliphatic carbocycles. The van der Waals surface area contributed by atoms with E-state index in [-0.39, 0.29) is 12.1 Å². The number of aryl methyl sites for hydroxylation is 1. The molecule has 8 heteroatoms. The van der Waals surface area contributed by atoms with Gasteiger partial charge in [-0.05, 0) is 18.6 Å². The number of hydrogen-bond donors (Lipinski definition) is 0. The van der Waals surface area contributed by atoms with Crippen LogP contribution in [0.4, 0.5) is 11.5 Å². The number of nitrogens with zero attached hydrogens (tertiary/aromatic N) is 4. The van der Waals surface area contributed by atoms with Gasteiger partial charge in [-0.3, -0.25) is 9.10 Å². The lowest BCUT2D eigenvalue weighted by atomic mass is 10.2. The Morgan fingerprint density at radius 1 is 1.21 bits per heavy atom. The van der Waals surface area contributed by atoms with E-state index >= 15 is 0 Å². The van der Waals surface area contributed by atoms with Gasteiger partial charge in [0.1, 0.15) is 0 Å². The third-order valence-corrected chi connectivity index (χ3v) is 5.31. The van der Waals surface area contributed by atoms with Crippen LogP contribution >= 0.6 is 0 Å². The second-order valence-electron chi connectivity index (χ2n) is 5.73. The second-order valence-corrected chi connectivity index (χ2v) is 7.63. The number of sulfonamides is 1. The molecular weight excluding hydrogens is 328 g/mol. The Balaban J connectivity index is 2.06. The van der Waals surface area contributed by atoms with Crippen LogP contribution in [0, 0.1) is 0 Å². The molecular formula is C16H20N4O3S. The molecule has 0 amide bonds. The van der Waals surface area contributed by atoms with E-state index in [1.54, 1.807) is 23.0 Å². The average molecular weight is 348 g/mol. The number of para-hydroxylation sites is 1. The molecule has 0 N–H and O–H groups in total. The molecule has 1 aromatic heterocycles. The summed E-state index contributed by atoms with van der Waals surface area (Å²) in [6, 6.07) is 7.36. The fraction of sp³-hybridized carbons (Fsp3) is 0.375. The molecule has 24 heavy (non-hydrogen) atoms. The van der Waals surface area contributed by atoms with Crippen molar-refractivity contribution in [2.45, 2.75) is 20.0 Å². The molecule has 0 atom stereocenters. The highest BCUT2D eigenvalue weighted by molar-refractivity contribution is 7.92. The molecule has 0 unspecified atom stereocenters. The van der Waals surface area contributed by atoms with Crippen LogP contribution in [0.1, 0.15) is 12.5 Å². The predicted octanol–water partition coefficient (Wildman–Crippen LogP) is 1.05. The van der Waals surface area contributed by atoms with E-state index in [0.717, 1.165) is 5.56 Å². The maximum Gasteiger partial charge on any atom is 0.293 e. The first-order valence-corrected chi connectivity index (χ1v) is 9.62. The van der Waals surface area contributed by atoms with Crippen LogP contribution in [0.5, 0.6) is 0 Å². The first kappa shape index (κ1) is 16.5. The lowest BCUT2D eigenvalue weighted by Crippen LogP contribution is -2.38. The van der Waals surface area contributed by atoms with Crippen molar-refractivity contribution >= 4 is 21.5 Å². The Labute approximate surface area is 141 Å². The molecule has 2 heterocycles. The van der Waals surface area contributed by atoms with Gasteiger partial charge in [-0.2, -0.15) is 0 Å². The monoisotopic (exact) mass is 348 g/mol. The molecule has 1 aromatic carbocycles. The van der Waals surface area contributed by atoms with Crippen LogP contribution in [0.15, 0.2) is 41.5 Å². The van der Waals surface area contributed by atoms with Crippen LogP contribution in [-0.4, -0.2) is 37.3 Å². The van der Waals surface area contributed by atoms with Crippen molar-refractivity contribution in [3.8, 4) is 0 Å². The summed E-state index contributed by atoms with van der Waals surface area (Å²) in [6.07, 6.45) is 4.45. The van der Waals surface area contributed by atoms with Crippen molar-refractivity contribution < 1.29 is 8.42 Å². The van der Waals surface area contributed by atoms with Crippen molar-refractivity contribution in [1.82, 2.24) is 9.55 Å². The summed E-state index contributed by atoms with van der Waals surface area (Å²) in [6.45, 7) is 3.58. The average Bonchev–Trinajstić information content (AvgIpc) is 2.74. The highest BCUT2D eigenvalue weighted by Gasteiger charge is 2.26. The number of fused-ring (bicyclic) bond motifs is 1. The SMILES string of the molecule is CCn1ccnc(N2CCN(S(C)(=O)=O)c3ccccc3C2)c1=O. The number of rotatable bonds is 3. The quantitative estimate of drug-likeness (QED) is 0.829. The van der Waals surface area contributed by atoms with E-state index in [4.69, 9.17) is 0 Å². The Morgan fingerprint density at radius 3 is 2.67 bits per heavy atom. The second kappa shape index (κ2) is 6.27. The first-order valence-electron chi connectivity index (χ1n) is 7.78. The topological polar surface area (TPSA) is 75.5 Å². The molecule has 128 valence electrons. The van der Waals surface area contributed by atoms with Gasteiger partial charge in [0.2, 0.25) is 10.0 Å². The van der Waals surface area contributed by atoms with Gasteiger partial charge in [0.05, 0.1) is 18.5 Å². The van der Waals surface area contributed by atoms with Crippen molar-refractivity contribution in [3.63, 3.8) is 0 Å². The van der Waals surface area contributed by atoms with Gasteiger partial charge < -0.3 is 9.47 Å². The molecule has 0 radical (unpaired) electrons. The Morgan fingerprint density at radius 2 is 1.96 bits per heavy atom. The maximum absolute atomic E-state index is 12.5. The van der Waals surface area contributed by atoms with Gasteiger partial charge in [-0.25, -0.2) is 13.4 Å². The predicted molar refractivity (Wildman–Crippen MR) is 93.9 cm³/mol. The van der Waals surface area contributed by atoms with Gasteiger partial charge in [0.15, 0.2) is 5.82 Å². The molecule has 3 rings (SSSR count). The van der Waals surface area contributed by atoms with Crippen LogP contribution in [-0.2, 0) is 23.1 Å². The van der Waals surface area contributed by atoms with Crippen molar-refractivity contribution in [2.24, 2.45) is 0 Å². The summed E-state index contributed by atoms with van der Waals surface area (Å²) in [5, 5.41) is 0. The molecule has 1 aliphatic heterocycles. The van der Waals surface area contributed by atoms with E-state index in [2.05, 4.69) is 4.98 Å². The van der Waals surface area contributed by atoms with E-state index in [1.165, 1.54) is 10.6 Å². The highest BCUT2D eigenvalue weighted by atomic mass is 32.2. The van der Waals surface area contributed by atoms with Gasteiger partial charge >= 0.3 is 0 Å². The number of aromatic nitrogens is 2. The Hall–Kier alpha value is -2.35. The summed E-state index contributed by atoms with van der Waals surface area (Å²) in [5.41, 5.74) is 1.35. The zero-order valence-electron chi connectivity index (χ0n) is 13.7. The van der Waals surface area contributed by atoms with Crippen LogP contribution < -0.4 is 14.8 Å². The lowest BCUT2D eigenvalue weighted by Gasteiger charge is -2.22. The molecule has 2 aromatic rings. The third kappa shape index (κ3) is 3.01. The Bertz CT molecular complexity index is 908. The molecule has 0 saturated heterocycles. The van der Waals surface area contributed by atoms with Gasteiger partial charge in [-0.1, -0.05) is 18.2 Å². The minimum absolute atomic E-state index is 0.162. The summed E-state index contributed by atoms with van der Waals surface area (Å²) in [7, 11) is -3.39. The van der Waals surface area contributed by atoms with Gasteiger partial charge in [0.25, 0.3) is 5.56 Å². The summed E-state index contributed by atoms with van der Waals surface area (Å²) in [4.78, 5) is 18.6. The molecule has 0 saturated carbocycles. The zero-order chi connectivity index (χ0) is 17.3. The normalized spacial score (nSPS) is 15.1. The van der Waals surface area contributed by atoms with E-state index in [9.17, 15) is 13.2 Å². The largest absolute Gasteiger partial charge is 0.346 e. The number of anilines is 2. The van der Waals surface area contributed by atoms with E-state index < -0.39 is 10.0 Å². The molecule has 0 fully saturated rings. The van der Waals surface area contributed by atoms with Gasteiger partial charge in [0, 0.05) is 32.0 Å². The van der Waals surface area contributed by atoms with Crippen molar-refractivity contribution in [3.05, 3.63) is 52.6 Å². The van der Waals surface area contributed by atoms with Crippen molar-refractivity contribution in [1.29, 1.82) is 0 Å². The summed E-state index contributed by atoms with van der Waals surface area (Å²) < 4.78 is 27.3. The summed E-state index contributed by atoms with van der Waals surface area (Å²) in [5.74, 6) is 0.351. The Kier molecular flexibility index (Phi) is 4.31. The number of hydrogen-bond acceptors (Lipinski definition) is 5. The van der Waals surface area contributed by atoms with Crippen LogP contribution in [0.2, 0.25) is 0 Å². The zero-order valence-corrected chi connectivity index (χ0v) is 14.5. The fourth-order valence-electron chi connectivity index (χ4n) is 2.93. The highest BCUT2D eigenvalue weighted by Crippen LogP contribution is 2.27. The first-order chi connectivity index (χ1) is 11.4. The van der Waals surface area contributed by atoms with Crippen LogP contribution in [0.25, 0.3) is 0 Å². The minimum Gasteiger partial charge on any atom is -0.346 e. The lowest BCUT2D eigenvalue weighted by molar-refractivity contribution is 0.596. The maximum atomic E-state index is 12.5. The molecule has 1 aliphatic rings. The van der Waals surface area contributed by atoms with E-state index in [0.29, 0.717) is 31.1 Å². The third-order valence-electron chi connectivity index (χ3n) is 4.13. The molecule has 0 spiro atoms. The standard InChI is InChI=1S/C16H20N4O3S/c1-3-18-9-8-17-15(16(18)21)19-10-11-20(24(2,22)23)14-7-5-4-6-13(14)12-19/h4-9H,3,10-12H2,1-2H3. The molecule has 7 nitrogen and oxygen atoms in total. The van der Waals surface area contributed by atoms with Crippen LogP contribution in [0.3, 0.4) is 0 Å². The van der Waals surface area contributed by atoms with Gasteiger partial charge in [-0.15, -0.1) is 0 Å². The van der Waals surface area contributed by atoms with Crippen molar-refractivity contribution in [2.75, 3.05) is 28.6 Å². The number of benzene rings is 1.